The fourth-order valence-corrected chi connectivity index (χ4v) is 2.79. The molecule has 1 heterocycles. The molecule has 2 rings (SSSR count). The van der Waals surface area contributed by atoms with Gasteiger partial charge >= 0.3 is 0 Å². The molecular formula is C17H22N3O4S+. The van der Waals surface area contributed by atoms with Crippen molar-refractivity contribution >= 4 is 22.0 Å². The summed E-state index contributed by atoms with van der Waals surface area (Å²) in [5, 5.41) is 6.13. The minimum atomic E-state index is -3.92. The highest BCUT2D eigenvalue weighted by molar-refractivity contribution is 7.85. The topological polar surface area (TPSA) is 83.1 Å². The molecule has 8 heteroatoms. The molecule has 1 aromatic carbocycles. The quantitative estimate of drug-likeness (QED) is 0.334. The molecule has 2 aromatic rings. The van der Waals surface area contributed by atoms with Crippen LogP contribution in [0.2, 0.25) is 0 Å². The number of pyridine rings is 1. The zero-order chi connectivity index (χ0) is 18.3. The minimum Gasteiger partial charge on any atom is -0.495 e. The first-order chi connectivity index (χ1) is 11.9. The van der Waals surface area contributed by atoms with Gasteiger partial charge in [0.2, 0.25) is 0 Å². The van der Waals surface area contributed by atoms with E-state index >= 15 is 0 Å². The zero-order valence-electron chi connectivity index (χ0n) is 14.2. The van der Waals surface area contributed by atoms with Crippen molar-refractivity contribution in [2.45, 2.75) is 13.0 Å². The standard InChI is InChI=1S/C17H21N3O4S/c1-19(16-8-3-4-9-17(16)24-2)18-13-15-7-5-10-20(14-15)11-6-12-25(21,22)23/h3-5,7-10,13-14H,6,11-12H2,1-2H3/p+1. The summed E-state index contributed by atoms with van der Waals surface area (Å²) in [6.45, 7) is 0.490. The highest BCUT2D eigenvalue weighted by atomic mass is 32.2. The summed E-state index contributed by atoms with van der Waals surface area (Å²) in [7, 11) is -0.476. The number of hydrazone groups is 1. The van der Waals surface area contributed by atoms with Crippen LogP contribution in [0.25, 0.3) is 0 Å². The predicted molar refractivity (Wildman–Crippen MR) is 96.7 cm³/mol. The number of rotatable bonds is 8. The second-order valence-corrected chi connectivity index (χ2v) is 7.03. The van der Waals surface area contributed by atoms with Crippen LogP contribution in [0.3, 0.4) is 0 Å². The predicted octanol–water partition coefficient (Wildman–Crippen LogP) is 1.73. The third kappa shape index (κ3) is 6.17. The number of ether oxygens (including phenoxy) is 1. The maximum absolute atomic E-state index is 10.8. The van der Waals surface area contributed by atoms with Crippen LogP contribution in [0.5, 0.6) is 5.75 Å². The monoisotopic (exact) mass is 364 g/mol. The van der Waals surface area contributed by atoms with Gasteiger partial charge in [-0.2, -0.15) is 13.5 Å². The summed E-state index contributed by atoms with van der Waals surface area (Å²) in [6.07, 6.45) is 5.76. The Morgan fingerprint density at radius 1 is 1.28 bits per heavy atom. The third-order valence-corrected chi connectivity index (χ3v) is 4.32. The number of para-hydroxylation sites is 2. The Bertz CT molecular complexity index is 837. The third-order valence-electron chi connectivity index (χ3n) is 3.51. The Kier molecular flexibility index (Phi) is 6.49. The van der Waals surface area contributed by atoms with E-state index in [0.717, 1.165) is 17.0 Å². The van der Waals surface area contributed by atoms with Gasteiger partial charge < -0.3 is 4.74 Å². The maximum Gasteiger partial charge on any atom is 0.265 e. The Labute approximate surface area is 147 Å². The van der Waals surface area contributed by atoms with Crippen LogP contribution >= 0.6 is 0 Å². The van der Waals surface area contributed by atoms with Crippen molar-refractivity contribution in [3.8, 4) is 5.75 Å². The number of anilines is 1. The molecule has 1 aromatic heterocycles. The Morgan fingerprint density at radius 3 is 2.76 bits per heavy atom. The largest absolute Gasteiger partial charge is 0.495 e. The lowest BCUT2D eigenvalue weighted by atomic mass is 10.3. The molecule has 7 nitrogen and oxygen atoms in total. The molecule has 0 fully saturated rings. The second-order valence-electron chi connectivity index (χ2n) is 5.45. The van der Waals surface area contributed by atoms with Crippen LogP contribution in [-0.4, -0.2) is 39.1 Å². The van der Waals surface area contributed by atoms with Crippen LogP contribution in [0, 0.1) is 0 Å². The molecular weight excluding hydrogens is 342 g/mol. The zero-order valence-corrected chi connectivity index (χ0v) is 15.1. The molecule has 0 aliphatic heterocycles. The first kappa shape index (κ1) is 18.9. The number of hydrogen-bond donors (Lipinski definition) is 1. The average molecular weight is 364 g/mol. The van der Waals surface area contributed by atoms with Crippen molar-refractivity contribution in [2.75, 3.05) is 24.9 Å². The van der Waals surface area contributed by atoms with Crippen molar-refractivity contribution in [2.24, 2.45) is 5.10 Å². The Balaban J connectivity index is 2.04. The van der Waals surface area contributed by atoms with Gasteiger partial charge in [-0.05, 0) is 18.2 Å². The van der Waals surface area contributed by atoms with Crippen molar-refractivity contribution in [1.29, 1.82) is 0 Å². The molecule has 134 valence electrons. The number of hydrogen-bond acceptors (Lipinski definition) is 5. The minimum absolute atomic E-state index is 0.255. The molecule has 0 saturated carbocycles. The van der Waals surface area contributed by atoms with E-state index in [-0.39, 0.29) is 5.75 Å². The van der Waals surface area contributed by atoms with E-state index in [0.29, 0.717) is 13.0 Å². The molecule has 0 bridgehead atoms. The van der Waals surface area contributed by atoms with E-state index in [1.807, 2.05) is 60.4 Å². The van der Waals surface area contributed by atoms with Gasteiger partial charge in [-0.1, -0.05) is 12.1 Å². The second kappa shape index (κ2) is 8.59. The highest BCUT2D eigenvalue weighted by Gasteiger charge is 2.08. The van der Waals surface area contributed by atoms with Crippen LogP contribution < -0.4 is 14.3 Å². The molecule has 0 atom stereocenters. The number of benzene rings is 1. The summed E-state index contributed by atoms with van der Waals surface area (Å²) < 4.78 is 37.5. The van der Waals surface area contributed by atoms with E-state index in [2.05, 4.69) is 5.10 Å². The van der Waals surface area contributed by atoms with Gasteiger partial charge in [-0.15, -0.1) is 0 Å². The van der Waals surface area contributed by atoms with Crippen molar-refractivity contribution in [1.82, 2.24) is 0 Å². The average Bonchev–Trinajstić information content (AvgIpc) is 2.59. The lowest BCUT2D eigenvalue weighted by molar-refractivity contribution is -0.696. The molecule has 0 saturated heterocycles. The summed E-state index contributed by atoms with van der Waals surface area (Å²) in [5.41, 5.74) is 1.72. The molecule has 0 spiro atoms. The van der Waals surface area contributed by atoms with Gasteiger partial charge in [-0.25, -0.2) is 4.57 Å². The first-order valence-corrected chi connectivity index (χ1v) is 9.35. The molecule has 1 N–H and O–H groups in total. The lowest BCUT2D eigenvalue weighted by Gasteiger charge is -2.15. The SMILES string of the molecule is COc1ccccc1N(C)N=Cc1ccc[n+](CCCS(=O)(=O)O)c1. The number of aryl methyl sites for hydroxylation is 1. The highest BCUT2D eigenvalue weighted by Crippen LogP contribution is 2.26. The van der Waals surface area contributed by atoms with Gasteiger partial charge in [-0.3, -0.25) is 9.56 Å². The van der Waals surface area contributed by atoms with Gasteiger partial charge in [0.25, 0.3) is 10.1 Å². The first-order valence-electron chi connectivity index (χ1n) is 7.74. The number of aromatic nitrogens is 1. The van der Waals surface area contributed by atoms with Crippen molar-refractivity contribution in [3.05, 3.63) is 54.4 Å². The fraction of sp³-hybridized carbons (Fsp3) is 0.294. The molecule has 25 heavy (non-hydrogen) atoms. The van der Waals surface area contributed by atoms with E-state index in [4.69, 9.17) is 9.29 Å². The summed E-state index contributed by atoms with van der Waals surface area (Å²) >= 11 is 0. The summed E-state index contributed by atoms with van der Waals surface area (Å²) in [5.74, 6) is 0.477. The molecule has 0 unspecified atom stereocenters. The molecule has 0 aliphatic carbocycles. The van der Waals surface area contributed by atoms with Crippen LogP contribution in [-0.2, 0) is 16.7 Å². The van der Waals surface area contributed by atoms with Gasteiger partial charge in [0.1, 0.15) is 18.0 Å². The van der Waals surface area contributed by atoms with E-state index < -0.39 is 10.1 Å². The normalized spacial score (nSPS) is 11.6. The Morgan fingerprint density at radius 2 is 2.04 bits per heavy atom. The smallest absolute Gasteiger partial charge is 0.265 e. The van der Waals surface area contributed by atoms with Crippen LogP contribution in [0.4, 0.5) is 5.69 Å². The van der Waals surface area contributed by atoms with Gasteiger partial charge in [0.15, 0.2) is 12.4 Å². The van der Waals surface area contributed by atoms with Gasteiger partial charge in [0, 0.05) is 19.5 Å². The number of nitrogens with zero attached hydrogens (tertiary/aromatic N) is 3. The van der Waals surface area contributed by atoms with Crippen molar-refractivity contribution in [3.63, 3.8) is 0 Å². The van der Waals surface area contributed by atoms with E-state index in [1.54, 1.807) is 18.3 Å². The van der Waals surface area contributed by atoms with E-state index in [9.17, 15) is 8.42 Å². The molecule has 0 radical (unpaired) electrons. The Hall–Kier alpha value is -2.45. The van der Waals surface area contributed by atoms with E-state index in [1.165, 1.54) is 0 Å². The van der Waals surface area contributed by atoms with Gasteiger partial charge in [0.05, 0.1) is 24.6 Å². The fourth-order valence-electron chi connectivity index (χ4n) is 2.30. The van der Waals surface area contributed by atoms with Crippen LogP contribution in [0.15, 0.2) is 53.9 Å². The van der Waals surface area contributed by atoms with Crippen LogP contribution in [0.1, 0.15) is 12.0 Å². The summed E-state index contributed by atoms with van der Waals surface area (Å²) in [6, 6.07) is 11.3. The van der Waals surface area contributed by atoms with Crippen molar-refractivity contribution < 1.29 is 22.3 Å². The number of methoxy groups -OCH3 is 1. The molecule has 0 aliphatic rings. The molecule has 0 amide bonds. The lowest BCUT2D eigenvalue weighted by Crippen LogP contribution is -2.34. The summed E-state index contributed by atoms with van der Waals surface area (Å²) in [4.78, 5) is 0. The maximum atomic E-state index is 10.8.